The van der Waals surface area contributed by atoms with Gasteiger partial charge < -0.3 is 10.1 Å². The average Bonchev–Trinajstić information content (AvgIpc) is 2.78. The van der Waals surface area contributed by atoms with E-state index in [2.05, 4.69) is 29.6 Å². The molecule has 3 aromatic rings. The molecule has 0 unspecified atom stereocenters. The summed E-state index contributed by atoms with van der Waals surface area (Å²) < 4.78 is 5.14. The number of rotatable bonds is 9. The topological polar surface area (TPSA) is 55.4 Å². The summed E-state index contributed by atoms with van der Waals surface area (Å²) in [6.07, 6.45) is 0.932. The van der Waals surface area contributed by atoms with Gasteiger partial charge in [-0.25, -0.2) is 0 Å². The monoisotopic (exact) mass is 401 g/mol. The van der Waals surface area contributed by atoms with Crippen LogP contribution in [0.15, 0.2) is 84.9 Å². The van der Waals surface area contributed by atoms with Crippen molar-refractivity contribution in [2.24, 2.45) is 0 Å². The van der Waals surface area contributed by atoms with Crippen LogP contribution in [0.5, 0.6) is 0 Å². The van der Waals surface area contributed by atoms with E-state index in [1.165, 1.54) is 11.1 Å². The summed E-state index contributed by atoms with van der Waals surface area (Å²) in [5.41, 5.74) is 4.37. The van der Waals surface area contributed by atoms with Crippen molar-refractivity contribution in [3.05, 3.63) is 107 Å². The van der Waals surface area contributed by atoms with Crippen LogP contribution in [-0.2, 0) is 20.7 Å². The van der Waals surface area contributed by atoms with E-state index < -0.39 is 5.97 Å². The summed E-state index contributed by atoms with van der Waals surface area (Å²) in [6, 6.07) is 28.2. The lowest BCUT2D eigenvalue weighted by Crippen LogP contribution is -2.30. The van der Waals surface area contributed by atoms with Crippen LogP contribution in [0.1, 0.15) is 34.6 Å². The van der Waals surface area contributed by atoms with Gasteiger partial charge in [-0.15, -0.1) is 0 Å². The summed E-state index contributed by atoms with van der Waals surface area (Å²) in [5.74, 6) is -0.491. The third-order valence-electron chi connectivity index (χ3n) is 5.12. The van der Waals surface area contributed by atoms with Gasteiger partial charge in [-0.05, 0) is 35.6 Å². The molecule has 0 aliphatic heterocycles. The van der Waals surface area contributed by atoms with Crippen LogP contribution in [0, 0.1) is 6.92 Å². The number of carbonyl (C=O) groups is 2. The van der Waals surface area contributed by atoms with Crippen molar-refractivity contribution in [3.63, 3.8) is 0 Å². The van der Waals surface area contributed by atoms with Crippen LogP contribution in [0.2, 0.25) is 0 Å². The first-order valence-electron chi connectivity index (χ1n) is 10.2. The summed E-state index contributed by atoms with van der Waals surface area (Å²) in [4.78, 5) is 24.2. The molecule has 0 aliphatic carbocycles. The summed E-state index contributed by atoms with van der Waals surface area (Å²) in [6.45, 7) is 2.19. The zero-order valence-electron chi connectivity index (χ0n) is 17.2. The number of hydrogen-bond donors (Lipinski definition) is 1. The van der Waals surface area contributed by atoms with E-state index in [-0.39, 0.29) is 24.9 Å². The fourth-order valence-corrected chi connectivity index (χ4v) is 3.46. The number of hydrogen-bond acceptors (Lipinski definition) is 3. The Morgan fingerprint density at radius 1 is 0.833 bits per heavy atom. The lowest BCUT2D eigenvalue weighted by Gasteiger charge is -2.18. The molecule has 0 heterocycles. The van der Waals surface area contributed by atoms with E-state index in [0.29, 0.717) is 6.54 Å². The van der Waals surface area contributed by atoms with E-state index in [4.69, 9.17) is 4.74 Å². The van der Waals surface area contributed by atoms with Gasteiger partial charge in [0.2, 0.25) is 0 Å². The standard InChI is InChI=1S/C26H27NO3/c1-20-10-8-9-15-23(20)18-26(29)30-19-25(28)27-17-16-24(21-11-4-2-5-12-21)22-13-6-3-7-14-22/h2-15,24H,16-19H2,1H3,(H,27,28). The van der Waals surface area contributed by atoms with Gasteiger partial charge in [0.25, 0.3) is 5.91 Å². The second kappa shape index (κ2) is 11.0. The largest absolute Gasteiger partial charge is 0.455 e. The molecule has 4 nitrogen and oxygen atoms in total. The summed E-state index contributed by atoms with van der Waals surface area (Å²) >= 11 is 0. The molecule has 0 saturated heterocycles. The minimum Gasteiger partial charge on any atom is -0.455 e. The molecule has 1 N–H and O–H groups in total. The highest BCUT2D eigenvalue weighted by Crippen LogP contribution is 2.27. The SMILES string of the molecule is Cc1ccccc1CC(=O)OCC(=O)NCCC(c1ccccc1)c1ccccc1. The highest BCUT2D eigenvalue weighted by molar-refractivity contribution is 5.81. The van der Waals surface area contributed by atoms with Crippen molar-refractivity contribution in [3.8, 4) is 0 Å². The number of nitrogens with one attached hydrogen (secondary N) is 1. The number of benzene rings is 3. The Balaban J connectivity index is 1.47. The third kappa shape index (κ3) is 6.31. The third-order valence-corrected chi connectivity index (χ3v) is 5.12. The Bertz CT molecular complexity index is 915. The maximum Gasteiger partial charge on any atom is 0.310 e. The Morgan fingerprint density at radius 2 is 1.40 bits per heavy atom. The van der Waals surface area contributed by atoms with Crippen molar-refractivity contribution in [1.29, 1.82) is 0 Å². The highest BCUT2D eigenvalue weighted by atomic mass is 16.5. The molecule has 0 atom stereocenters. The van der Waals surface area contributed by atoms with Crippen LogP contribution in [0.25, 0.3) is 0 Å². The normalized spacial score (nSPS) is 10.6. The zero-order valence-corrected chi connectivity index (χ0v) is 17.2. The van der Waals surface area contributed by atoms with Gasteiger partial charge in [0.15, 0.2) is 6.61 Å². The fourth-order valence-electron chi connectivity index (χ4n) is 3.46. The predicted octanol–water partition coefficient (Wildman–Crippen LogP) is 4.42. The second-order valence-corrected chi connectivity index (χ2v) is 7.28. The van der Waals surface area contributed by atoms with E-state index in [1.54, 1.807) is 0 Å². The first-order valence-corrected chi connectivity index (χ1v) is 10.2. The maximum atomic E-state index is 12.1. The van der Waals surface area contributed by atoms with Gasteiger partial charge in [-0.3, -0.25) is 9.59 Å². The number of ether oxygens (including phenoxy) is 1. The molecule has 30 heavy (non-hydrogen) atoms. The van der Waals surface area contributed by atoms with Crippen molar-refractivity contribution >= 4 is 11.9 Å². The molecule has 0 bridgehead atoms. The minimum atomic E-state index is -0.397. The Hall–Kier alpha value is -3.40. The molecule has 0 fully saturated rings. The van der Waals surface area contributed by atoms with Gasteiger partial charge >= 0.3 is 5.97 Å². The van der Waals surface area contributed by atoms with E-state index in [0.717, 1.165) is 17.5 Å². The Kier molecular flexibility index (Phi) is 7.78. The van der Waals surface area contributed by atoms with Crippen LogP contribution in [0.4, 0.5) is 0 Å². The van der Waals surface area contributed by atoms with E-state index >= 15 is 0 Å². The minimum absolute atomic E-state index is 0.171. The van der Waals surface area contributed by atoms with Gasteiger partial charge in [-0.2, -0.15) is 0 Å². The van der Waals surface area contributed by atoms with E-state index in [1.807, 2.05) is 67.6 Å². The Morgan fingerprint density at radius 3 is 2.00 bits per heavy atom. The lowest BCUT2D eigenvalue weighted by atomic mass is 9.88. The van der Waals surface area contributed by atoms with Crippen LogP contribution >= 0.6 is 0 Å². The van der Waals surface area contributed by atoms with Gasteiger partial charge in [-0.1, -0.05) is 84.9 Å². The maximum absolute atomic E-state index is 12.1. The van der Waals surface area contributed by atoms with Crippen molar-refractivity contribution in [2.45, 2.75) is 25.7 Å². The number of amides is 1. The molecule has 154 valence electrons. The van der Waals surface area contributed by atoms with Gasteiger partial charge in [0.1, 0.15) is 0 Å². The number of carbonyl (C=O) groups excluding carboxylic acids is 2. The lowest BCUT2D eigenvalue weighted by molar-refractivity contribution is -0.147. The zero-order chi connectivity index (χ0) is 21.2. The first kappa shape index (κ1) is 21.3. The summed E-state index contributed by atoms with van der Waals surface area (Å²) in [5, 5.41) is 2.87. The molecule has 0 saturated carbocycles. The number of aryl methyl sites for hydroxylation is 1. The van der Waals surface area contributed by atoms with E-state index in [9.17, 15) is 9.59 Å². The van der Waals surface area contributed by atoms with Gasteiger partial charge in [0.05, 0.1) is 6.42 Å². The molecule has 4 heteroatoms. The van der Waals surface area contributed by atoms with Crippen molar-refractivity contribution in [1.82, 2.24) is 5.32 Å². The van der Waals surface area contributed by atoms with Crippen LogP contribution in [-0.4, -0.2) is 25.0 Å². The molecule has 0 radical (unpaired) electrons. The number of esters is 1. The van der Waals surface area contributed by atoms with Crippen molar-refractivity contribution in [2.75, 3.05) is 13.2 Å². The first-order chi connectivity index (χ1) is 14.6. The van der Waals surface area contributed by atoms with Crippen LogP contribution < -0.4 is 5.32 Å². The van der Waals surface area contributed by atoms with Gasteiger partial charge in [0, 0.05) is 12.5 Å². The van der Waals surface area contributed by atoms with Crippen LogP contribution in [0.3, 0.4) is 0 Å². The predicted molar refractivity (Wildman–Crippen MR) is 118 cm³/mol. The molecule has 0 spiro atoms. The second-order valence-electron chi connectivity index (χ2n) is 7.28. The van der Waals surface area contributed by atoms with Crippen molar-refractivity contribution < 1.29 is 14.3 Å². The smallest absolute Gasteiger partial charge is 0.310 e. The molecule has 3 rings (SSSR count). The molecular formula is C26H27NO3. The molecule has 0 aromatic heterocycles. The molecular weight excluding hydrogens is 374 g/mol. The quantitative estimate of drug-likeness (QED) is 0.540. The Labute approximate surface area is 177 Å². The highest BCUT2D eigenvalue weighted by Gasteiger charge is 2.15. The summed E-state index contributed by atoms with van der Waals surface area (Å²) in [7, 11) is 0. The molecule has 0 aliphatic rings. The average molecular weight is 402 g/mol. The fraction of sp³-hybridized carbons (Fsp3) is 0.231. The molecule has 1 amide bonds. The molecule has 3 aromatic carbocycles.